The van der Waals surface area contributed by atoms with E-state index in [1.54, 1.807) is 6.08 Å². The number of ether oxygens (including phenoxy) is 3. The SMILES string of the molecule is CC/C=C\C/C=C\C/C=C\C/C=C\C/C=C\CC(=O)OCC(COC(=O)CCCCCCCCCCCCCCCCCCCCCCCC)OC(=O)CCCCCCCCC/C=C\C/C=C\CCCCC. The number of hydrogen-bond donors (Lipinski definition) is 0. The third-order valence-electron chi connectivity index (χ3n) is 13.2. The van der Waals surface area contributed by atoms with Crippen molar-refractivity contribution in [2.24, 2.45) is 0 Å². The van der Waals surface area contributed by atoms with Gasteiger partial charge in [0.15, 0.2) is 6.10 Å². The molecule has 6 nitrogen and oxygen atoms in total. The minimum absolute atomic E-state index is 0.107. The maximum atomic E-state index is 12.9. The van der Waals surface area contributed by atoms with Crippen molar-refractivity contribution in [3.8, 4) is 0 Å². The van der Waals surface area contributed by atoms with Crippen LogP contribution in [0.15, 0.2) is 85.1 Å². The second-order valence-electron chi connectivity index (χ2n) is 20.3. The van der Waals surface area contributed by atoms with Crippen LogP contribution in [0.25, 0.3) is 0 Å². The molecule has 0 fully saturated rings. The second-order valence-corrected chi connectivity index (χ2v) is 20.3. The van der Waals surface area contributed by atoms with Crippen molar-refractivity contribution >= 4 is 17.9 Å². The van der Waals surface area contributed by atoms with E-state index in [4.69, 9.17) is 14.2 Å². The first kappa shape index (κ1) is 68.6. The van der Waals surface area contributed by atoms with Gasteiger partial charge in [-0.1, -0.05) is 286 Å². The molecule has 0 saturated heterocycles. The molecule has 6 heteroatoms. The highest BCUT2D eigenvalue weighted by molar-refractivity contribution is 5.72. The highest BCUT2D eigenvalue weighted by atomic mass is 16.6. The molecule has 0 radical (unpaired) electrons. The largest absolute Gasteiger partial charge is 0.462 e. The number of hydrogen-bond acceptors (Lipinski definition) is 6. The quantitative estimate of drug-likeness (QED) is 0.0261. The number of esters is 3. The molecule has 0 heterocycles. The first-order chi connectivity index (χ1) is 35.5. The fourth-order valence-corrected chi connectivity index (χ4v) is 8.61. The molecule has 0 aliphatic rings. The van der Waals surface area contributed by atoms with Crippen LogP contribution in [0.3, 0.4) is 0 Å². The van der Waals surface area contributed by atoms with Gasteiger partial charge in [-0.05, 0) is 77.0 Å². The van der Waals surface area contributed by atoms with Gasteiger partial charge in [0.2, 0.25) is 0 Å². The summed E-state index contributed by atoms with van der Waals surface area (Å²) in [7, 11) is 0. The molecule has 0 N–H and O–H groups in total. The monoisotopic (exact) mass is 1000 g/mol. The molecule has 1 unspecified atom stereocenters. The summed E-state index contributed by atoms with van der Waals surface area (Å²) < 4.78 is 16.8. The zero-order valence-electron chi connectivity index (χ0n) is 47.4. The Morgan fingerprint density at radius 2 is 0.597 bits per heavy atom. The number of carbonyl (C=O) groups is 3. The summed E-state index contributed by atoms with van der Waals surface area (Å²) in [5.74, 6) is -1.04. The number of allylic oxidation sites excluding steroid dienone is 13. The molecule has 0 amide bonds. The predicted molar refractivity (Wildman–Crippen MR) is 311 cm³/mol. The van der Waals surface area contributed by atoms with Gasteiger partial charge in [0, 0.05) is 12.8 Å². The first-order valence-corrected chi connectivity index (χ1v) is 30.6. The van der Waals surface area contributed by atoms with Crippen molar-refractivity contribution in [3.63, 3.8) is 0 Å². The molecular weight excluding hydrogens is 889 g/mol. The lowest BCUT2D eigenvalue weighted by Gasteiger charge is -2.18. The smallest absolute Gasteiger partial charge is 0.309 e. The Balaban J connectivity index is 4.41. The van der Waals surface area contributed by atoms with Crippen molar-refractivity contribution in [3.05, 3.63) is 85.1 Å². The van der Waals surface area contributed by atoms with Crippen LogP contribution in [0.5, 0.6) is 0 Å². The molecule has 0 aliphatic carbocycles. The van der Waals surface area contributed by atoms with Crippen molar-refractivity contribution in [1.82, 2.24) is 0 Å². The van der Waals surface area contributed by atoms with Gasteiger partial charge in [-0.25, -0.2) is 0 Å². The van der Waals surface area contributed by atoms with Crippen LogP contribution < -0.4 is 0 Å². The van der Waals surface area contributed by atoms with Gasteiger partial charge in [-0.15, -0.1) is 0 Å². The normalized spacial score (nSPS) is 12.7. The topological polar surface area (TPSA) is 78.9 Å². The van der Waals surface area contributed by atoms with Gasteiger partial charge in [-0.3, -0.25) is 14.4 Å². The lowest BCUT2D eigenvalue weighted by molar-refractivity contribution is -0.166. The van der Waals surface area contributed by atoms with Gasteiger partial charge in [0.05, 0.1) is 6.42 Å². The predicted octanol–water partition coefficient (Wildman–Crippen LogP) is 20.7. The maximum absolute atomic E-state index is 12.9. The van der Waals surface area contributed by atoms with Crippen LogP contribution in [-0.2, 0) is 28.6 Å². The molecule has 0 rings (SSSR count). The molecule has 414 valence electrons. The highest BCUT2D eigenvalue weighted by Gasteiger charge is 2.19. The lowest BCUT2D eigenvalue weighted by Crippen LogP contribution is -2.30. The number of unbranched alkanes of at least 4 members (excludes halogenated alkanes) is 31. The standard InChI is InChI=1S/C66H114O6/c1-4-7-10-13-16-19-22-25-28-30-31-32-33-34-36-38-41-44-47-50-53-56-59-65(68)71-62-63(61-70-64(67)58-55-52-49-46-43-40-37-27-24-21-18-15-12-9-6-3)72-66(69)60-57-54-51-48-45-42-39-35-29-26-23-20-17-14-11-8-5-2/h9,12,17-18,20-21,26-27,29,37,43,46,52,55,63H,4-8,10-11,13-16,19,22-25,28,30-36,38-42,44-45,47-51,53-54,56-62H2,1-3H3/b12-9-,20-17-,21-18-,29-26-,37-27-,46-43-,55-52-. The average molecular weight is 1000 g/mol. The van der Waals surface area contributed by atoms with Gasteiger partial charge in [0.1, 0.15) is 13.2 Å². The molecule has 0 spiro atoms. The maximum Gasteiger partial charge on any atom is 0.309 e. The van der Waals surface area contributed by atoms with Gasteiger partial charge in [-0.2, -0.15) is 0 Å². The van der Waals surface area contributed by atoms with Crippen molar-refractivity contribution in [1.29, 1.82) is 0 Å². The molecule has 0 bridgehead atoms. The molecule has 0 aromatic heterocycles. The van der Waals surface area contributed by atoms with E-state index in [0.717, 1.165) is 83.5 Å². The van der Waals surface area contributed by atoms with Gasteiger partial charge in [0.25, 0.3) is 0 Å². The molecular formula is C66H114O6. The average Bonchev–Trinajstić information content (AvgIpc) is 3.38. The summed E-state index contributed by atoms with van der Waals surface area (Å²) in [5, 5.41) is 0. The molecule has 0 saturated carbocycles. The first-order valence-electron chi connectivity index (χ1n) is 30.6. The Hall–Kier alpha value is -3.41. The van der Waals surface area contributed by atoms with Crippen LogP contribution in [0.4, 0.5) is 0 Å². The molecule has 0 aliphatic heterocycles. The Kier molecular flexibility index (Phi) is 57.3. The third-order valence-corrected chi connectivity index (χ3v) is 13.2. The Morgan fingerprint density at radius 1 is 0.306 bits per heavy atom. The Morgan fingerprint density at radius 3 is 1.00 bits per heavy atom. The van der Waals surface area contributed by atoms with Crippen LogP contribution >= 0.6 is 0 Å². The van der Waals surface area contributed by atoms with E-state index < -0.39 is 12.1 Å². The number of rotatable bonds is 55. The summed E-state index contributed by atoms with van der Waals surface area (Å²) in [6.07, 6.45) is 79.0. The summed E-state index contributed by atoms with van der Waals surface area (Å²) in [6.45, 7) is 6.44. The number of carbonyl (C=O) groups excluding carboxylic acids is 3. The van der Waals surface area contributed by atoms with E-state index >= 15 is 0 Å². The van der Waals surface area contributed by atoms with E-state index in [1.807, 2.05) is 6.08 Å². The zero-order valence-corrected chi connectivity index (χ0v) is 47.4. The van der Waals surface area contributed by atoms with Crippen molar-refractivity contribution < 1.29 is 28.6 Å². The van der Waals surface area contributed by atoms with Crippen LogP contribution in [0, 0.1) is 0 Å². The van der Waals surface area contributed by atoms with Crippen LogP contribution in [0.1, 0.15) is 297 Å². The Labute approximate surface area is 445 Å². The van der Waals surface area contributed by atoms with E-state index in [1.165, 1.54) is 173 Å². The van der Waals surface area contributed by atoms with Gasteiger partial charge < -0.3 is 14.2 Å². The highest BCUT2D eigenvalue weighted by Crippen LogP contribution is 2.17. The summed E-state index contributed by atoms with van der Waals surface area (Å²) in [5.41, 5.74) is 0. The van der Waals surface area contributed by atoms with Gasteiger partial charge >= 0.3 is 17.9 Å². The molecule has 0 aromatic carbocycles. The fraction of sp³-hybridized carbons (Fsp3) is 0.742. The van der Waals surface area contributed by atoms with E-state index in [-0.39, 0.29) is 31.6 Å². The molecule has 72 heavy (non-hydrogen) atoms. The summed E-state index contributed by atoms with van der Waals surface area (Å²) in [6, 6.07) is 0. The zero-order chi connectivity index (χ0) is 52.2. The molecule has 0 aromatic rings. The van der Waals surface area contributed by atoms with E-state index in [0.29, 0.717) is 12.8 Å². The van der Waals surface area contributed by atoms with Crippen LogP contribution in [-0.4, -0.2) is 37.2 Å². The lowest BCUT2D eigenvalue weighted by atomic mass is 10.0. The molecule has 1 atom stereocenters. The van der Waals surface area contributed by atoms with E-state index in [2.05, 4.69) is 93.7 Å². The van der Waals surface area contributed by atoms with Crippen LogP contribution in [0.2, 0.25) is 0 Å². The third kappa shape index (κ3) is 57.5. The van der Waals surface area contributed by atoms with Crippen molar-refractivity contribution in [2.45, 2.75) is 303 Å². The second kappa shape index (κ2) is 60.1. The van der Waals surface area contributed by atoms with E-state index in [9.17, 15) is 14.4 Å². The minimum atomic E-state index is -0.820. The minimum Gasteiger partial charge on any atom is -0.462 e. The summed E-state index contributed by atoms with van der Waals surface area (Å²) >= 11 is 0. The Bertz CT molecular complexity index is 1380. The van der Waals surface area contributed by atoms with Crippen molar-refractivity contribution in [2.75, 3.05) is 13.2 Å². The summed E-state index contributed by atoms with van der Waals surface area (Å²) in [4.78, 5) is 38.2. The fourth-order valence-electron chi connectivity index (χ4n) is 8.61.